The van der Waals surface area contributed by atoms with Gasteiger partial charge < -0.3 is 24.1 Å². The number of aldehydes is 1. The molecule has 6 nitrogen and oxygen atoms in total. The maximum Gasteiger partial charge on any atom is 0.315 e. The highest BCUT2D eigenvalue weighted by molar-refractivity contribution is 8.07. The van der Waals surface area contributed by atoms with Gasteiger partial charge in [0, 0.05) is 12.5 Å². The molecule has 6 rings (SSSR count). The Morgan fingerprint density at radius 3 is 2.71 bits per heavy atom. The Kier molecular flexibility index (Phi) is 5.23. The molecule has 0 spiro atoms. The highest BCUT2D eigenvalue weighted by Gasteiger charge is 2.84. The molecule has 3 saturated carbocycles. The van der Waals surface area contributed by atoms with Crippen LogP contribution < -0.4 is 0 Å². The van der Waals surface area contributed by atoms with Crippen LogP contribution in [-0.2, 0) is 23.8 Å². The molecule has 0 radical (unpaired) electrons. The second-order valence-electron chi connectivity index (χ2n) is 12.3. The Hall–Kier alpha value is -0.890. The number of ether oxygens (including phenoxy) is 3. The lowest BCUT2D eigenvalue weighted by Gasteiger charge is -2.58. The van der Waals surface area contributed by atoms with E-state index in [1.807, 2.05) is 18.7 Å². The maximum atomic E-state index is 13.5. The molecule has 0 amide bonds. The second kappa shape index (κ2) is 7.56. The number of carboxylic acids is 1. The first kappa shape index (κ1) is 23.5. The van der Waals surface area contributed by atoms with Crippen molar-refractivity contribution in [3.63, 3.8) is 0 Å². The van der Waals surface area contributed by atoms with Crippen LogP contribution in [0, 0.1) is 45.8 Å². The summed E-state index contributed by atoms with van der Waals surface area (Å²) in [5.41, 5.74) is -1.66. The van der Waals surface area contributed by atoms with Crippen molar-refractivity contribution in [2.45, 2.75) is 82.4 Å². The minimum absolute atomic E-state index is 0.0550. The highest BCUT2D eigenvalue weighted by Crippen LogP contribution is 2.82. The van der Waals surface area contributed by atoms with Crippen LogP contribution in [0.2, 0.25) is 0 Å². The van der Waals surface area contributed by atoms with Crippen LogP contribution in [0.3, 0.4) is 0 Å². The minimum atomic E-state index is -1.18. The lowest BCUT2D eigenvalue weighted by Crippen LogP contribution is -2.63. The third-order valence-electron chi connectivity index (χ3n) is 10.9. The summed E-state index contributed by atoms with van der Waals surface area (Å²) >= 11 is 1.83. The number of methoxy groups -OCH3 is 1. The Morgan fingerprint density at radius 2 is 2.06 bits per heavy atom. The smallest absolute Gasteiger partial charge is 0.315 e. The summed E-state index contributed by atoms with van der Waals surface area (Å²) in [5.74, 6) is 0.335. The Bertz CT molecular complexity index is 932. The Balaban J connectivity index is 1.40. The SMILES string of the molecule is CO[C@H]1[C@@H]2S[C@@H]2[C@H](OC[C@@]23C[C@@H]4[C@H](C)CC[C@H]4[C@@]4(C=O)C[C@@H]2C=C(C(C)C)[C@@]34C(=O)O)O[C@@H]1C. The number of carbonyl (C=O) groups excluding carboxylic acids is 1. The molecular weight excluding hydrogens is 452 g/mol. The average molecular weight is 491 g/mol. The summed E-state index contributed by atoms with van der Waals surface area (Å²) in [6, 6.07) is 0. The molecule has 0 unspecified atom stereocenters. The van der Waals surface area contributed by atoms with Gasteiger partial charge in [0.15, 0.2) is 6.29 Å². The fourth-order valence-corrected chi connectivity index (χ4v) is 10.9. The molecule has 4 aliphatic carbocycles. The van der Waals surface area contributed by atoms with Crippen LogP contribution in [0.25, 0.3) is 0 Å². The van der Waals surface area contributed by atoms with E-state index < -0.39 is 22.2 Å². The van der Waals surface area contributed by atoms with Crippen LogP contribution >= 0.6 is 11.8 Å². The molecule has 2 aliphatic heterocycles. The number of fused-ring (bicyclic) bond motifs is 3. The number of rotatable bonds is 7. The van der Waals surface area contributed by atoms with Gasteiger partial charge in [-0.3, -0.25) is 4.79 Å². The molecule has 12 atom stereocenters. The molecule has 0 aromatic rings. The van der Waals surface area contributed by atoms with Gasteiger partial charge in [0.05, 0.1) is 34.7 Å². The number of hydrogen-bond acceptors (Lipinski definition) is 6. The van der Waals surface area contributed by atoms with Crippen molar-refractivity contribution in [1.29, 1.82) is 0 Å². The number of carboxylic acid groups (broad SMARTS) is 1. The van der Waals surface area contributed by atoms with Crippen LogP contribution in [0.1, 0.15) is 53.4 Å². The number of thioether (sulfide) groups is 1. The number of allylic oxidation sites excluding steroid dienone is 1. The molecular formula is C27H38O6S. The van der Waals surface area contributed by atoms with E-state index in [1.165, 1.54) is 0 Å². The first-order valence-electron chi connectivity index (χ1n) is 13.1. The molecule has 1 N–H and O–H groups in total. The van der Waals surface area contributed by atoms with Gasteiger partial charge in [-0.1, -0.05) is 38.8 Å². The molecule has 4 bridgehead atoms. The van der Waals surface area contributed by atoms with E-state index in [0.29, 0.717) is 30.1 Å². The van der Waals surface area contributed by atoms with E-state index >= 15 is 0 Å². The predicted octanol–water partition coefficient (Wildman–Crippen LogP) is 4.17. The summed E-state index contributed by atoms with van der Waals surface area (Å²) in [5, 5.41) is 11.7. The van der Waals surface area contributed by atoms with E-state index in [1.54, 1.807) is 7.11 Å². The molecule has 0 aromatic carbocycles. The Morgan fingerprint density at radius 1 is 1.29 bits per heavy atom. The van der Waals surface area contributed by atoms with Crippen LogP contribution in [0.5, 0.6) is 0 Å². The van der Waals surface area contributed by atoms with Crippen molar-refractivity contribution in [3.05, 3.63) is 11.6 Å². The van der Waals surface area contributed by atoms with E-state index in [9.17, 15) is 14.7 Å². The monoisotopic (exact) mass is 490 g/mol. The minimum Gasteiger partial charge on any atom is -0.481 e. The fraction of sp³-hybridized carbons (Fsp3) is 0.852. The largest absolute Gasteiger partial charge is 0.481 e. The summed E-state index contributed by atoms with van der Waals surface area (Å²) in [7, 11) is 1.73. The van der Waals surface area contributed by atoms with Gasteiger partial charge in [0.1, 0.15) is 11.7 Å². The summed E-state index contributed by atoms with van der Waals surface area (Å²) < 4.78 is 18.5. The zero-order chi connectivity index (χ0) is 24.2. The maximum absolute atomic E-state index is 13.5. The molecule has 5 fully saturated rings. The van der Waals surface area contributed by atoms with Crippen LogP contribution in [0.15, 0.2) is 11.6 Å². The summed E-state index contributed by atoms with van der Waals surface area (Å²) in [4.78, 5) is 26.6. The quantitative estimate of drug-likeness (QED) is 0.326. The van der Waals surface area contributed by atoms with E-state index in [0.717, 1.165) is 31.1 Å². The molecule has 2 saturated heterocycles. The van der Waals surface area contributed by atoms with Crippen molar-refractivity contribution in [3.8, 4) is 0 Å². The average Bonchev–Trinajstić information content (AvgIpc) is 3.39. The van der Waals surface area contributed by atoms with Crippen molar-refractivity contribution in [2.24, 2.45) is 45.8 Å². The van der Waals surface area contributed by atoms with Crippen molar-refractivity contribution >= 4 is 24.0 Å². The molecule has 0 aromatic heterocycles. The van der Waals surface area contributed by atoms with Crippen molar-refractivity contribution < 1.29 is 28.9 Å². The lowest BCUT2D eigenvalue weighted by molar-refractivity contribution is -0.235. The zero-order valence-corrected chi connectivity index (χ0v) is 21.7. The van der Waals surface area contributed by atoms with Gasteiger partial charge in [-0.05, 0) is 55.8 Å². The van der Waals surface area contributed by atoms with Crippen molar-refractivity contribution in [1.82, 2.24) is 0 Å². The summed E-state index contributed by atoms with van der Waals surface area (Å²) in [6.07, 6.45) is 6.44. The van der Waals surface area contributed by atoms with E-state index in [-0.39, 0.29) is 41.5 Å². The normalized spacial score (nSPS) is 54.5. The topological polar surface area (TPSA) is 82.1 Å². The van der Waals surface area contributed by atoms with Crippen LogP contribution in [-0.4, -0.2) is 60.1 Å². The van der Waals surface area contributed by atoms with E-state index in [2.05, 4.69) is 26.8 Å². The molecule has 188 valence electrons. The zero-order valence-electron chi connectivity index (χ0n) is 20.9. The lowest BCUT2D eigenvalue weighted by atomic mass is 9.43. The number of carbonyl (C=O) groups is 2. The third-order valence-corrected chi connectivity index (χ3v) is 12.3. The molecule has 6 aliphatic rings. The van der Waals surface area contributed by atoms with Gasteiger partial charge in [0.25, 0.3) is 0 Å². The van der Waals surface area contributed by atoms with E-state index in [4.69, 9.17) is 14.2 Å². The second-order valence-corrected chi connectivity index (χ2v) is 13.6. The fourth-order valence-electron chi connectivity index (χ4n) is 9.58. The van der Waals surface area contributed by atoms with Gasteiger partial charge in [0.2, 0.25) is 0 Å². The van der Waals surface area contributed by atoms with Crippen LogP contribution in [0.4, 0.5) is 0 Å². The molecule has 34 heavy (non-hydrogen) atoms. The predicted molar refractivity (Wildman–Crippen MR) is 128 cm³/mol. The number of hydrogen-bond donors (Lipinski definition) is 1. The van der Waals surface area contributed by atoms with Crippen molar-refractivity contribution in [2.75, 3.05) is 13.7 Å². The first-order chi connectivity index (χ1) is 16.2. The highest BCUT2D eigenvalue weighted by atomic mass is 32.2. The molecule has 7 heteroatoms. The first-order valence-corrected chi connectivity index (χ1v) is 14.0. The molecule has 2 heterocycles. The third kappa shape index (κ3) is 2.55. The van der Waals surface area contributed by atoms with Gasteiger partial charge >= 0.3 is 5.97 Å². The van der Waals surface area contributed by atoms with Gasteiger partial charge in [-0.15, -0.1) is 11.8 Å². The van der Waals surface area contributed by atoms with Gasteiger partial charge in [-0.25, -0.2) is 0 Å². The Labute approximate surface area is 206 Å². The standard InChI is InChI=1S/C27H38O6S/c1-13(2)19-8-16-9-25(11-28)18-7-6-14(3)17(18)10-26(16,27(19,25)24(29)30)12-32-23-22-21(34-22)20(31-5)15(4)33-23/h8,11,13-18,20-23H,6-7,9-10,12H2,1-5H3,(H,29,30)/t14-,15-,16+,17-,18-,20-,21+,22+,23-,25+,26+,27+/m1/s1. The van der Waals surface area contributed by atoms with Gasteiger partial charge in [-0.2, -0.15) is 0 Å². The summed E-state index contributed by atoms with van der Waals surface area (Å²) in [6.45, 7) is 8.81. The number of aliphatic carboxylic acids is 1.